The quantitative estimate of drug-likeness (QED) is 0.875. The highest BCUT2D eigenvalue weighted by Crippen LogP contribution is 2.18. The highest BCUT2D eigenvalue weighted by atomic mass is 16.1. The fourth-order valence-corrected chi connectivity index (χ4v) is 2.63. The first-order valence-corrected chi connectivity index (χ1v) is 7.14. The van der Waals surface area contributed by atoms with E-state index in [1.807, 2.05) is 32.0 Å². The molecular weight excluding hydrogens is 236 g/mol. The number of amides is 1. The summed E-state index contributed by atoms with van der Waals surface area (Å²) in [4.78, 5) is 12.2. The summed E-state index contributed by atoms with van der Waals surface area (Å²) in [7, 11) is 0. The van der Waals surface area contributed by atoms with Crippen molar-refractivity contribution in [3.8, 4) is 0 Å². The number of rotatable bonds is 3. The predicted molar refractivity (Wildman–Crippen MR) is 78.4 cm³/mol. The number of hydrogen-bond donors (Lipinski definition) is 2. The van der Waals surface area contributed by atoms with E-state index in [4.69, 9.17) is 0 Å². The van der Waals surface area contributed by atoms with Crippen LogP contribution in [0.3, 0.4) is 0 Å². The minimum absolute atomic E-state index is 0.0546. The fraction of sp³-hybridized carbons (Fsp3) is 0.562. The Hall–Kier alpha value is -1.35. The van der Waals surface area contributed by atoms with E-state index in [-0.39, 0.29) is 5.91 Å². The zero-order valence-corrected chi connectivity index (χ0v) is 12.1. The van der Waals surface area contributed by atoms with Gasteiger partial charge in [-0.25, -0.2) is 0 Å². The van der Waals surface area contributed by atoms with Gasteiger partial charge in [-0.05, 0) is 56.8 Å². The van der Waals surface area contributed by atoms with Gasteiger partial charge < -0.3 is 10.6 Å². The Morgan fingerprint density at radius 1 is 1.42 bits per heavy atom. The molecule has 0 saturated carbocycles. The van der Waals surface area contributed by atoms with Gasteiger partial charge in [0, 0.05) is 12.1 Å². The van der Waals surface area contributed by atoms with Crippen molar-refractivity contribution in [1.82, 2.24) is 10.6 Å². The van der Waals surface area contributed by atoms with Crippen LogP contribution in [0.25, 0.3) is 0 Å². The molecule has 0 aromatic heterocycles. The van der Waals surface area contributed by atoms with Crippen molar-refractivity contribution in [3.05, 3.63) is 34.9 Å². The van der Waals surface area contributed by atoms with Crippen LogP contribution in [-0.2, 0) is 0 Å². The minimum atomic E-state index is 0.0546. The lowest BCUT2D eigenvalue weighted by Gasteiger charge is -2.29. The Morgan fingerprint density at radius 2 is 2.21 bits per heavy atom. The number of hydrogen-bond acceptors (Lipinski definition) is 2. The number of benzene rings is 1. The highest BCUT2D eigenvalue weighted by molar-refractivity contribution is 5.95. The third kappa shape index (κ3) is 3.57. The van der Waals surface area contributed by atoms with Crippen molar-refractivity contribution in [2.75, 3.05) is 19.6 Å². The summed E-state index contributed by atoms with van der Waals surface area (Å²) in [6.07, 6.45) is 1.20. The summed E-state index contributed by atoms with van der Waals surface area (Å²) in [6, 6.07) is 6.02. The van der Waals surface area contributed by atoms with Gasteiger partial charge in [0.2, 0.25) is 0 Å². The molecule has 2 atom stereocenters. The first-order valence-electron chi connectivity index (χ1n) is 7.14. The first kappa shape index (κ1) is 14.1. The normalized spacial score (nSPS) is 23.1. The molecule has 3 heteroatoms. The van der Waals surface area contributed by atoms with E-state index in [9.17, 15) is 4.79 Å². The molecule has 0 radical (unpaired) electrons. The molecule has 0 bridgehead atoms. The van der Waals surface area contributed by atoms with E-state index in [2.05, 4.69) is 17.6 Å². The summed E-state index contributed by atoms with van der Waals surface area (Å²) < 4.78 is 0. The van der Waals surface area contributed by atoms with Crippen LogP contribution < -0.4 is 10.6 Å². The monoisotopic (exact) mass is 260 g/mol. The van der Waals surface area contributed by atoms with Gasteiger partial charge in [-0.1, -0.05) is 24.6 Å². The third-order valence-electron chi connectivity index (χ3n) is 4.15. The molecule has 2 unspecified atom stereocenters. The number of piperidine rings is 1. The molecule has 0 spiro atoms. The van der Waals surface area contributed by atoms with Gasteiger partial charge in [-0.3, -0.25) is 4.79 Å². The van der Waals surface area contributed by atoms with Gasteiger partial charge >= 0.3 is 0 Å². The maximum absolute atomic E-state index is 12.2. The molecule has 1 aromatic rings. The largest absolute Gasteiger partial charge is 0.352 e. The molecule has 1 fully saturated rings. The zero-order valence-electron chi connectivity index (χ0n) is 12.1. The van der Waals surface area contributed by atoms with Crippen molar-refractivity contribution in [2.24, 2.45) is 11.8 Å². The topological polar surface area (TPSA) is 41.1 Å². The van der Waals surface area contributed by atoms with E-state index < -0.39 is 0 Å². The Kier molecular flexibility index (Phi) is 4.59. The summed E-state index contributed by atoms with van der Waals surface area (Å²) in [5.41, 5.74) is 2.97. The second kappa shape index (κ2) is 6.20. The summed E-state index contributed by atoms with van der Waals surface area (Å²) in [5, 5.41) is 6.49. The van der Waals surface area contributed by atoms with Gasteiger partial charge in [-0.15, -0.1) is 0 Å². The van der Waals surface area contributed by atoms with Crippen LogP contribution in [0.1, 0.15) is 34.8 Å². The van der Waals surface area contributed by atoms with Crippen LogP contribution in [0, 0.1) is 25.7 Å². The van der Waals surface area contributed by atoms with Crippen LogP contribution in [0.2, 0.25) is 0 Å². The van der Waals surface area contributed by atoms with Gasteiger partial charge in [0.05, 0.1) is 0 Å². The molecule has 104 valence electrons. The maximum atomic E-state index is 12.2. The molecule has 1 heterocycles. The highest BCUT2D eigenvalue weighted by Gasteiger charge is 2.21. The molecule has 1 aromatic carbocycles. The van der Waals surface area contributed by atoms with Crippen LogP contribution in [-0.4, -0.2) is 25.5 Å². The van der Waals surface area contributed by atoms with Crippen molar-refractivity contribution < 1.29 is 4.79 Å². The van der Waals surface area contributed by atoms with E-state index in [0.29, 0.717) is 11.8 Å². The molecule has 1 aliphatic heterocycles. The molecule has 2 N–H and O–H groups in total. The molecule has 1 aliphatic rings. The summed E-state index contributed by atoms with van der Waals surface area (Å²) in [6.45, 7) is 9.15. The summed E-state index contributed by atoms with van der Waals surface area (Å²) >= 11 is 0. The lowest BCUT2D eigenvalue weighted by atomic mass is 9.88. The van der Waals surface area contributed by atoms with E-state index in [1.165, 1.54) is 6.42 Å². The predicted octanol–water partition coefficient (Wildman–Crippen LogP) is 2.28. The average molecular weight is 260 g/mol. The Balaban J connectivity index is 1.95. The van der Waals surface area contributed by atoms with Gasteiger partial charge in [0.15, 0.2) is 0 Å². The van der Waals surface area contributed by atoms with Crippen LogP contribution in [0.5, 0.6) is 0 Å². The molecule has 0 aliphatic carbocycles. The number of aryl methyl sites for hydroxylation is 2. The Morgan fingerprint density at radius 3 is 2.95 bits per heavy atom. The molecule has 19 heavy (non-hydrogen) atoms. The molecule has 1 amide bonds. The standard InChI is InChI=1S/C16H24N2O/c1-11-4-5-13(3)15(8-11)16(19)18-10-14-9-17-7-6-12(14)2/h4-5,8,12,14,17H,6-7,9-10H2,1-3H3,(H,18,19). The molecular formula is C16H24N2O. The van der Waals surface area contributed by atoms with Crippen LogP contribution in [0.4, 0.5) is 0 Å². The van der Waals surface area contributed by atoms with Gasteiger partial charge in [0.25, 0.3) is 5.91 Å². The van der Waals surface area contributed by atoms with E-state index >= 15 is 0 Å². The first-order chi connectivity index (χ1) is 9.08. The van der Waals surface area contributed by atoms with E-state index in [1.54, 1.807) is 0 Å². The second-order valence-electron chi connectivity index (χ2n) is 5.76. The second-order valence-corrected chi connectivity index (χ2v) is 5.76. The van der Waals surface area contributed by atoms with Crippen molar-refractivity contribution in [2.45, 2.75) is 27.2 Å². The lowest BCUT2D eigenvalue weighted by molar-refractivity contribution is 0.0938. The lowest BCUT2D eigenvalue weighted by Crippen LogP contribution is -2.42. The number of nitrogens with one attached hydrogen (secondary N) is 2. The van der Waals surface area contributed by atoms with Gasteiger partial charge in [-0.2, -0.15) is 0 Å². The SMILES string of the molecule is Cc1ccc(C)c(C(=O)NCC2CNCCC2C)c1. The van der Waals surface area contributed by atoms with Gasteiger partial charge in [0.1, 0.15) is 0 Å². The molecule has 1 saturated heterocycles. The van der Waals surface area contributed by atoms with Crippen molar-refractivity contribution >= 4 is 5.91 Å². The zero-order chi connectivity index (χ0) is 13.8. The average Bonchev–Trinajstić information content (AvgIpc) is 2.40. The fourth-order valence-electron chi connectivity index (χ4n) is 2.63. The van der Waals surface area contributed by atoms with E-state index in [0.717, 1.165) is 36.3 Å². The van der Waals surface area contributed by atoms with Crippen molar-refractivity contribution in [1.29, 1.82) is 0 Å². The Labute approximate surface area is 115 Å². The van der Waals surface area contributed by atoms with Crippen LogP contribution >= 0.6 is 0 Å². The maximum Gasteiger partial charge on any atom is 0.251 e. The summed E-state index contributed by atoms with van der Waals surface area (Å²) in [5.74, 6) is 1.28. The molecule has 2 rings (SSSR count). The van der Waals surface area contributed by atoms with Crippen molar-refractivity contribution in [3.63, 3.8) is 0 Å². The third-order valence-corrected chi connectivity index (χ3v) is 4.15. The number of carbonyl (C=O) groups is 1. The Bertz CT molecular complexity index is 456. The van der Waals surface area contributed by atoms with Crippen LogP contribution in [0.15, 0.2) is 18.2 Å². The minimum Gasteiger partial charge on any atom is -0.352 e. The smallest absolute Gasteiger partial charge is 0.251 e. The molecule has 3 nitrogen and oxygen atoms in total. The number of carbonyl (C=O) groups excluding carboxylic acids is 1.